The van der Waals surface area contributed by atoms with E-state index in [0.717, 1.165) is 0 Å². The van der Waals surface area contributed by atoms with Crippen molar-refractivity contribution in [1.29, 1.82) is 0 Å². The summed E-state index contributed by atoms with van der Waals surface area (Å²) >= 11 is 0. The first kappa shape index (κ1) is 13.9. The number of hydrogen-bond donors (Lipinski definition) is 0. The van der Waals surface area contributed by atoms with Gasteiger partial charge in [-0.2, -0.15) is 0 Å². The van der Waals surface area contributed by atoms with E-state index in [9.17, 15) is 5.21 Å². The lowest BCUT2D eigenvalue weighted by Gasteiger charge is -2.11. The Balaban J connectivity index is 3.03. The van der Waals surface area contributed by atoms with Gasteiger partial charge in [-0.15, -0.1) is 6.58 Å². The molecule has 0 aliphatic heterocycles. The summed E-state index contributed by atoms with van der Waals surface area (Å²) in [5.74, 6) is 1.15. The molecule has 5 nitrogen and oxygen atoms in total. The fourth-order valence-electron chi connectivity index (χ4n) is 1.44. The van der Waals surface area contributed by atoms with Crippen molar-refractivity contribution >= 4 is 0 Å². The predicted octanol–water partition coefficient (Wildman–Crippen LogP) is 2.78. The molecular formula is C13H15NO4. The van der Waals surface area contributed by atoms with E-state index in [-0.39, 0.29) is 0 Å². The van der Waals surface area contributed by atoms with Crippen molar-refractivity contribution in [3.63, 3.8) is 0 Å². The third-order valence-electron chi connectivity index (χ3n) is 2.26. The van der Waals surface area contributed by atoms with Crippen molar-refractivity contribution in [2.24, 2.45) is 0 Å². The van der Waals surface area contributed by atoms with Crippen LogP contribution in [-0.4, -0.2) is 20.8 Å². The van der Waals surface area contributed by atoms with E-state index in [1.165, 1.54) is 7.11 Å². The molecule has 1 aromatic rings. The molecule has 1 unspecified atom stereocenters. The van der Waals surface area contributed by atoms with Gasteiger partial charge in [-0.1, -0.05) is 12.1 Å². The van der Waals surface area contributed by atoms with Crippen LogP contribution < -0.4 is 9.47 Å². The van der Waals surface area contributed by atoms with E-state index in [0.29, 0.717) is 23.7 Å². The molecule has 0 fully saturated rings. The molecule has 0 amide bonds. The van der Waals surface area contributed by atoms with Crippen molar-refractivity contribution in [3.8, 4) is 17.6 Å². The van der Waals surface area contributed by atoms with Crippen molar-refractivity contribution in [3.05, 3.63) is 46.6 Å². The number of nitrogens with zero attached hydrogens (tertiary/aromatic N) is 1. The zero-order valence-electron chi connectivity index (χ0n) is 10.4. The van der Waals surface area contributed by atoms with Gasteiger partial charge in [-0.3, -0.25) is 0 Å². The molecule has 0 bridgehead atoms. The number of ether oxygens (including phenoxy) is 3. The molecule has 1 atom stereocenters. The highest BCUT2D eigenvalue weighted by Gasteiger charge is 2.17. The molecule has 1 rings (SSSR count). The Bertz CT molecular complexity index is 462. The molecule has 0 aliphatic carbocycles. The molecular weight excluding hydrogens is 234 g/mol. The number of benzene rings is 1. The first-order chi connectivity index (χ1) is 8.76. The van der Waals surface area contributed by atoms with Gasteiger partial charge < -0.3 is 19.4 Å². The van der Waals surface area contributed by atoms with Crippen LogP contribution in [0.15, 0.2) is 30.9 Å². The van der Waals surface area contributed by atoms with Gasteiger partial charge in [-0.05, 0) is 12.1 Å². The van der Waals surface area contributed by atoms with E-state index in [4.69, 9.17) is 14.2 Å². The predicted molar refractivity (Wildman–Crippen MR) is 69.1 cm³/mol. The normalized spacial score (nSPS) is 11.0. The topological polar surface area (TPSA) is 55.1 Å². The van der Waals surface area contributed by atoms with E-state index >= 15 is 0 Å². The second-order valence-corrected chi connectivity index (χ2v) is 3.34. The minimum Gasteiger partial charge on any atom is -0.498 e. The lowest BCUT2D eigenvalue weighted by molar-refractivity contribution is 0.116. The van der Waals surface area contributed by atoms with Crippen LogP contribution in [0.25, 0.3) is 5.01 Å². The molecule has 1 aromatic carbocycles. The van der Waals surface area contributed by atoms with Crippen molar-refractivity contribution < 1.29 is 14.2 Å². The SMILES string of the molecule is C=CCOC(C#[N+][O-])c1ccc(OC)c(OC)c1. The van der Waals surface area contributed by atoms with Crippen LogP contribution in [0.5, 0.6) is 11.5 Å². The highest BCUT2D eigenvalue weighted by atomic mass is 16.5. The summed E-state index contributed by atoms with van der Waals surface area (Å²) in [6, 6.07) is 7.52. The number of hydrogen-bond acceptors (Lipinski definition) is 4. The summed E-state index contributed by atoms with van der Waals surface area (Å²) in [6.07, 6.45) is 0.931. The molecule has 0 aromatic heterocycles. The van der Waals surface area contributed by atoms with Crippen LogP contribution >= 0.6 is 0 Å². The molecule has 0 saturated carbocycles. The fraction of sp³-hybridized carbons (Fsp3) is 0.308. The lowest BCUT2D eigenvalue weighted by atomic mass is 10.1. The molecule has 0 radical (unpaired) electrons. The zero-order chi connectivity index (χ0) is 13.4. The maximum atomic E-state index is 10.3. The second kappa shape index (κ2) is 7.20. The third-order valence-corrected chi connectivity index (χ3v) is 2.26. The zero-order valence-corrected chi connectivity index (χ0v) is 10.4. The summed E-state index contributed by atoms with van der Waals surface area (Å²) in [5.41, 5.74) is 0.703. The Labute approximate surface area is 106 Å². The van der Waals surface area contributed by atoms with Crippen LogP contribution in [-0.2, 0) is 4.74 Å². The van der Waals surface area contributed by atoms with Crippen LogP contribution in [0, 0.1) is 11.3 Å². The Kier molecular flexibility index (Phi) is 5.55. The summed E-state index contributed by atoms with van der Waals surface area (Å²) in [5, 5.41) is 12.9. The Hall–Kier alpha value is -2.19. The molecule has 5 heteroatoms. The van der Waals surface area contributed by atoms with Gasteiger partial charge in [0.2, 0.25) is 6.10 Å². The summed E-state index contributed by atoms with van der Waals surface area (Å²) < 4.78 is 15.7. The van der Waals surface area contributed by atoms with Gasteiger partial charge in [0.15, 0.2) is 11.5 Å². The molecule has 0 heterocycles. The Morgan fingerprint density at radius 1 is 1.39 bits per heavy atom. The standard InChI is InChI=1S/C13H15NO4/c1-4-7-18-13(9-14-15)10-5-6-11(16-2)12(8-10)17-3/h4-6,8,13H,1,7H2,2-3H3. The average molecular weight is 249 g/mol. The van der Waals surface area contributed by atoms with Gasteiger partial charge in [0.1, 0.15) is 0 Å². The molecule has 18 heavy (non-hydrogen) atoms. The smallest absolute Gasteiger partial charge is 0.335 e. The van der Waals surface area contributed by atoms with Gasteiger partial charge in [0, 0.05) is 10.6 Å². The second-order valence-electron chi connectivity index (χ2n) is 3.34. The van der Waals surface area contributed by atoms with Crippen LogP contribution in [0.2, 0.25) is 0 Å². The molecule has 0 aliphatic rings. The van der Waals surface area contributed by atoms with Crippen LogP contribution in [0.1, 0.15) is 11.7 Å². The van der Waals surface area contributed by atoms with Crippen molar-refractivity contribution in [1.82, 2.24) is 0 Å². The molecule has 0 N–H and O–H groups in total. The summed E-state index contributed by atoms with van der Waals surface area (Å²) in [7, 11) is 3.08. The monoisotopic (exact) mass is 249 g/mol. The first-order valence-electron chi connectivity index (χ1n) is 5.29. The van der Waals surface area contributed by atoms with Gasteiger partial charge >= 0.3 is 6.07 Å². The van der Waals surface area contributed by atoms with E-state index in [1.54, 1.807) is 31.4 Å². The molecule has 0 spiro atoms. The summed E-state index contributed by atoms with van der Waals surface area (Å²) in [4.78, 5) is 0. The average Bonchev–Trinajstić information content (AvgIpc) is 2.42. The Morgan fingerprint density at radius 2 is 2.11 bits per heavy atom. The highest BCUT2D eigenvalue weighted by molar-refractivity contribution is 5.44. The van der Waals surface area contributed by atoms with E-state index in [1.807, 2.05) is 0 Å². The number of methoxy groups -OCH3 is 2. The van der Waals surface area contributed by atoms with Gasteiger partial charge in [0.05, 0.1) is 20.8 Å². The summed E-state index contributed by atoms with van der Waals surface area (Å²) in [6.45, 7) is 3.83. The van der Waals surface area contributed by atoms with E-state index in [2.05, 4.69) is 17.7 Å². The van der Waals surface area contributed by atoms with Crippen LogP contribution in [0.4, 0.5) is 0 Å². The van der Waals surface area contributed by atoms with Crippen molar-refractivity contribution in [2.45, 2.75) is 6.10 Å². The van der Waals surface area contributed by atoms with Gasteiger partial charge in [-0.25, -0.2) is 0 Å². The maximum absolute atomic E-state index is 10.3. The maximum Gasteiger partial charge on any atom is 0.335 e. The number of rotatable bonds is 6. The van der Waals surface area contributed by atoms with Crippen LogP contribution in [0.3, 0.4) is 0 Å². The lowest BCUT2D eigenvalue weighted by Crippen LogP contribution is -2.03. The highest BCUT2D eigenvalue weighted by Crippen LogP contribution is 2.30. The quantitative estimate of drug-likeness (QED) is 0.574. The Morgan fingerprint density at radius 3 is 2.67 bits per heavy atom. The molecule has 96 valence electrons. The minimum atomic E-state index is -0.652. The van der Waals surface area contributed by atoms with Gasteiger partial charge in [0.25, 0.3) is 0 Å². The first-order valence-corrected chi connectivity index (χ1v) is 5.29. The third kappa shape index (κ3) is 3.40. The largest absolute Gasteiger partial charge is 0.498 e. The minimum absolute atomic E-state index is 0.293. The van der Waals surface area contributed by atoms with E-state index < -0.39 is 6.10 Å². The molecule has 0 saturated heterocycles. The fourth-order valence-corrected chi connectivity index (χ4v) is 1.44. The van der Waals surface area contributed by atoms with Crippen molar-refractivity contribution in [2.75, 3.05) is 20.8 Å².